The quantitative estimate of drug-likeness (QED) is 0.718. The number of methoxy groups -OCH3 is 2. The van der Waals surface area contributed by atoms with E-state index in [9.17, 15) is 9.59 Å². The highest BCUT2D eigenvalue weighted by Gasteiger charge is 2.27. The molecule has 30 heavy (non-hydrogen) atoms. The molecule has 3 rings (SSSR count). The van der Waals surface area contributed by atoms with Crippen LogP contribution in [0.15, 0.2) is 28.7 Å². The average molecular weight is 415 g/mol. The van der Waals surface area contributed by atoms with Crippen molar-refractivity contribution in [1.82, 2.24) is 10.6 Å². The largest absolute Gasteiger partial charge is 0.493 e. The lowest BCUT2D eigenvalue weighted by atomic mass is 9.93. The molecule has 7 nitrogen and oxygen atoms in total. The van der Waals surface area contributed by atoms with Gasteiger partial charge in [0.05, 0.1) is 19.8 Å². The summed E-state index contributed by atoms with van der Waals surface area (Å²) < 4.78 is 16.6. The summed E-state index contributed by atoms with van der Waals surface area (Å²) in [6, 6.07) is 7.26. The maximum Gasteiger partial charge on any atom is 0.286 e. The fourth-order valence-electron chi connectivity index (χ4n) is 3.92. The molecule has 0 spiro atoms. The Hall–Kier alpha value is -2.96. The zero-order chi connectivity index (χ0) is 21.7. The predicted octanol–water partition coefficient (Wildman–Crippen LogP) is 3.87. The summed E-state index contributed by atoms with van der Waals surface area (Å²) >= 11 is 0. The SMILES string of the molecule is CNC(=O)c1cc(C(=O)NC2CCCCC2)c(C(C)c2ccc(OC)c(OC)c2)o1. The zero-order valence-corrected chi connectivity index (χ0v) is 18.0. The number of carbonyl (C=O) groups is 2. The second-order valence-electron chi connectivity index (χ2n) is 7.61. The first-order valence-corrected chi connectivity index (χ1v) is 10.4. The lowest BCUT2D eigenvalue weighted by Gasteiger charge is -2.23. The highest BCUT2D eigenvalue weighted by atomic mass is 16.5. The standard InChI is InChI=1S/C23H30N2O5/c1-14(15-10-11-18(28-3)19(12-15)29-4)21-17(13-20(30-21)23(27)24-2)22(26)25-16-8-6-5-7-9-16/h10-14,16H,5-9H2,1-4H3,(H,24,27)(H,25,26). The van der Waals surface area contributed by atoms with Crippen molar-refractivity contribution in [2.45, 2.75) is 51.0 Å². The van der Waals surface area contributed by atoms with Gasteiger partial charge in [0, 0.05) is 25.1 Å². The van der Waals surface area contributed by atoms with E-state index in [1.807, 2.05) is 25.1 Å². The van der Waals surface area contributed by atoms with Crippen LogP contribution in [0.4, 0.5) is 0 Å². The van der Waals surface area contributed by atoms with E-state index in [0.717, 1.165) is 31.2 Å². The molecule has 1 unspecified atom stereocenters. The van der Waals surface area contributed by atoms with E-state index < -0.39 is 0 Å². The molecule has 1 aromatic heterocycles. The summed E-state index contributed by atoms with van der Waals surface area (Å²) in [5, 5.41) is 5.67. The molecule has 162 valence electrons. The first-order chi connectivity index (χ1) is 14.5. The molecule has 1 fully saturated rings. The summed E-state index contributed by atoms with van der Waals surface area (Å²) in [4.78, 5) is 25.2. The van der Waals surface area contributed by atoms with E-state index in [1.54, 1.807) is 14.2 Å². The normalized spacial score (nSPS) is 15.3. The van der Waals surface area contributed by atoms with E-state index in [-0.39, 0.29) is 29.5 Å². The molecular weight excluding hydrogens is 384 g/mol. The highest BCUT2D eigenvalue weighted by Crippen LogP contribution is 2.35. The van der Waals surface area contributed by atoms with E-state index >= 15 is 0 Å². The number of rotatable bonds is 7. The van der Waals surface area contributed by atoms with Crippen molar-refractivity contribution in [1.29, 1.82) is 0 Å². The van der Waals surface area contributed by atoms with Gasteiger partial charge in [0.1, 0.15) is 5.76 Å². The van der Waals surface area contributed by atoms with E-state index in [2.05, 4.69) is 10.6 Å². The molecule has 0 saturated heterocycles. The first-order valence-electron chi connectivity index (χ1n) is 10.4. The zero-order valence-electron chi connectivity index (χ0n) is 18.0. The third-order valence-corrected chi connectivity index (χ3v) is 5.70. The molecular formula is C23H30N2O5. The number of nitrogens with one attached hydrogen (secondary N) is 2. The Kier molecular flexibility index (Phi) is 7.03. The Bertz CT molecular complexity index is 899. The Morgan fingerprint density at radius 3 is 2.37 bits per heavy atom. The fourth-order valence-corrected chi connectivity index (χ4v) is 3.92. The first kappa shape index (κ1) is 21.7. The van der Waals surface area contributed by atoms with Gasteiger partial charge in [0.15, 0.2) is 17.3 Å². The minimum Gasteiger partial charge on any atom is -0.493 e. The van der Waals surface area contributed by atoms with Crippen LogP contribution >= 0.6 is 0 Å². The lowest BCUT2D eigenvalue weighted by Crippen LogP contribution is -2.36. The molecule has 1 aliphatic carbocycles. The maximum atomic E-state index is 13.1. The van der Waals surface area contributed by atoms with Crippen LogP contribution in [0.3, 0.4) is 0 Å². The van der Waals surface area contributed by atoms with E-state index in [0.29, 0.717) is 22.8 Å². The lowest BCUT2D eigenvalue weighted by molar-refractivity contribution is 0.0918. The Balaban J connectivity index is 1.94. The predicted molar refractivity (Wildman–Crippen MR) is 114 cm³/mol. The van der Waals surface area contributed by atoms with Gasteiger partial charge in [-0.2, -0.15) is 0 Å². The van der Waals surface area contributed by atoms with Crippen LogP contribution in [-0.4, -0.2) is 39.1 Å². The van der Waals surface area contributed by atoms with Gasteiger partial charge in [-0.1, -0.05) is 32.3 Å². The second-order valence-corrected chi connectivity index (χ2v) is 7.61. The highest BCUT2D eigenvalue weighted by molar-refractivity contribution is 5.99. The smallest absolute Gasteiger partial charge is 0.286 e. The van der Waals surface area contributed by atoms with Crippen molar-refractivity contribution in [3.8, 4) is 11.5 Å². The molecule has 0 radical (unpaired) electrons. The summed E-state index contributed by atoms with van der Waals surface area (Å²) in [5.41, 5.74) is 1.28. The van der Waals surface area contributed by atoms with Crippen LogP contribution in [0.2, 0.25) is 0 Å². The van der Waals surface area contributed by atoms with Gasteiger partial charge < -0.3 is 24.5 Å². The topological polar surface area (TPSA) is 89.8 Å². The Morgan fingerprint density at radius 2 is 1.73 bits per heavy atom. The summed E-state index contributed by atoms with van der Waals surface area (Å²) in [5.74, 6) is 0.941. The van der Waals surface area contributed by atoms with Gasteiger partial charge in [-0.3, -0.25) is 9.59 Å². The molecule has 1 heterocycles. The molecule has 1 aliphatic rings. The van der Waals surface area contributed by atoms with Crippen molar-refractivity contribution in [3.63, 3.8) is 0 Å². The van der Waals surface area contributed by atoms with Gasteiger partial charge in [-0.05, 0) is 30.5 Å². The average Bonchev–Trinajstić information content (AvgIpc) is 3.24. The van der Waals surface area contributed by atoms with Gasteiger partial charge >= 0.3 is 0 Å². The summed E-state index contributed by atoms with van der Waals surface area (Å²) in [6.07, 6.45) is 5.41. The number of hydrogen-bond acceptors (Lipinski definition) is 5. The van der Waals surface area contributed by atoms with Crippen LogP contribution in [0.1, 0.15) is 77.2 Å². The van der Waals surface area contributed by atoms with Crippen LogP contribution < -0.4 is 20.1 Å². The van der Waals surface area contributed by atoms with E-state index in [4.69, 9.17) is 13.9 Å². The third-order valence-electron chi connectivity index (χ3n) is 5.70. The number of amides is 2. The molecule has 2 aromatic rings. The molecule has 1 saturated carbocycles. The molecule has 2 amide bonds. The van der Waals surface area contributed by atoms with Crippen LogP contribution in [0.5, 0.6) is 11.5 Å². The van der Waals surface area contributed by atoms with Crippen molar-refractivity contribution >= 4 is 11.8 Å². The third kappa shape index (κ3) is 4.61. The van der Waals surface area contributed by atoms with Gasteiger partial charge in [-0.25, -0.2) is 0 Å². The van der Waals surface area contributed by atoms with Crippen LogP contribution in [-0.2, 0) is 0 Å². The number of benzene rings is 1. The molecule has 7 heteroatoms. The van der Waals surface area contributed by atoms with Crippen LogP contribution in [0, 0.1) is 0 Å². The Labute approximate surface area is 177 Å². The number of furan rings is 1. The molecule has 0 bridgehead atoms. The fraction of sp³-hybridized carbons (Fsp3) is 0.478. The van der Waals surface area contributed by atoms with Gasteiger partial charge in [0.2, 0.25) is 0 Å². The van der Waals surface area contributed by atoms with E-state index in [1.165, 1.54) is 19.5 Å². The second kappa shape index (κ2) is 9.69. The number of carbonyl (C=O) groups excluding carboxylic acids is 2. The van der Waals surface area contributed by atoms with Crippen molar-refractivity contribution in [3.05, 3.63) is 46.9 Å². The molecule has 1 aromatic carbocycles. The summed E-state index contributed by atoms with van der Waals surface area (Å²) in [7, 11) is 4.69. The monoisotopic (exact) mass is 414 g/mol. The molecule has 2 N–H and O–H groups in total. The number of hydrogen-bond donors (Lipinski definition) is 2. The minimum absolute atomic E-state index is 0.119. The van der Waals surface area contributed by atoms with Crippen LogP contribution in [0.25, 0.3) is 0 Å². The number of ether oxygens (including phenoxy) is 2. The van der Waals surface area contributed by atoms with Crippen molar-refractivity contribution in [2.75, 3.05) is 21.3 Å². The summed E-state index contributed by atoms with van der Waals surface area (Å²) in [6.45, 7) is 1.94. The minimum atomic E-state index is -0.368. The molecule has 0 aliphatic heterocycles. The maximum absolute atomic E-state index is 13.1. The van der Waals surface area contributed by atoms with Gasteiger partial charge in [0.25, 0.3) is 11.8 Å². The Morgan fingerprint density at radius 1 is 1.03 bits per heavy atom. The molecule has 1 atom stereocenters. The van der Waals surface area contributed by atoms with Gasteiger partial charge in [-0.15, -0.1) is 0 Å². The van der Waals surface area contributed by atoms with Crippen molar-refractivity contribution < 1.29 is 23.5 Å². The van der Waals surface area contributed by atoms with Crippen molar-refractivity contribution in [2.24, 2.45) is 0 Å².